The molecule has 0 radical (unpaired) electrons. The number of hydrogen-bond donors (Lipinski definition) is 0. The molecule has 2 atom stereocenters. The van der Waals surface area contributed by atoms with Gasteiger partial charge in [0, 0.05) is 6.42 Å². The third-order valence-electron chi connectivity index (χ3n) is 3.32. The smallest absolute Gasteiger partial charge is 0.347 e. The Balaban J connectivity index is 1.86. The Labute approximate surface area is 112 Å². The van der Waals surface area contributed by atoms with Gasteiger partial charge in [-0.25, -0.2) is 4.79 Å². The molecular weight excluding hydrogens is 244 g/mol. The van der Waals surface area contributed by atoms with Crippen LogP contribution in [-0.4, -0.2) is 18.0 Å². The summed E-state index contributed by atoms with van der Waals surface area (Å²) in [6.45, 7) is 4.10. The standard InChI is InChI=1S/C15H18O4/c1-10(2)12-8-13(19-14(12)16)15(17)18-9-11-6-4-3-5-7-11/h3-7,10,12-13H,8-9H2,1-2H3/t12-,13-/m0/s1. The van der Waals surface area contributed by atoms with Crippen LogP contribution in [0.2, 0.25) is 0 Å². The van der Waals surface area contributed by atoms with Gasteiger partial charge in [0.05, 0.1) is 5.92 Å². The summed E-state index contributed by atoms with van der Waals surface area (Å²) in [5, 5.41) is 0. The van der Waals surface area contributed by atoms with Gasteiger partial charge >= 0.3 is 11.9 Å². The van der Waals surface area contributed by atoms with Crippen LogP contribution in [-0.2, 0) is 25.7 Å². The molecule has 1 aliphatic heterocycles. The van der Waals surface area contributed by atoms with E-state index in [-0.39, 0.29) is 24.4 Å². The van der Waals surface area contributed by atoms with Gasteiger partial charge < -0.3 is 9.47 Å². The van der Waals surface area contributed by atoms with Gasteiger partial charge in [-0.05, 0) is 11.5 Å². The summed E-state index contributed by atoms with van der Waals surface area (Å²) in [5.74, 6) is -0.772. The minimum atomic E-state index is -0.747. The molecule has 2 rings (SSSR count). The number of cyclic esters (lactones) is 1. The van der Waals surface area contributed by atoms with E-state index in [9.17, 15) is 9.59 Å². The molecule has 1 fully saturated rings. The van der Waals surface area contributed by atoms with Gasteiger partial charge in [0.2, 0.25) is 0 Å². The number of ether oxygens (including phenoxy) is 2. The lowest BCUT2D eigenvalue weighted by Crippen LogP contribution is -2.22. The predicted octanol–water partition coefficient (Wildman–Crippen LogP) is 2.32. The fourth-order valence-electron chi connectivity index (χ4n) is 2.11. The van der Waals surface area contributed by atoms with Crippen molar-refractivity contribution in [2.24, 2.45) is 11.8 Å². The predicted molar refractivity (Wildman–Crippen MR) is 69.1 cm³/mol. The molecule has 0 unspecified atom stereocenters. The van der Waals surface area contributed by atoms with Crippen LogP contribution in [0.3, 0.4) is 0 Å². The molecular formula is C15H18O4. The van der Waals surface area contributed by atoms with Crippen LogP contribution in [0.1, 0.15) is 25.8 Å². The van der Waals surface area contributed by atoms with Crippen molar-refractivity contribution in [2.45, 2.75) is 33.0 Å². The monoisotopic (exact) mass is 262 g/mol. The molecule has 4 nitrogen and oxygen atoms in total. The van der Waals surface area contributed by atoms with Crippen LogP contribution in [0.4, 0.5) is 0 Å². The Morgan fingerprint density at radius 3 is 2.63 bits per heavy atom. The van der Waals surface area contributed by atoms with E-state index in [2.05, 4.69) is 0 Å². The second-order valence-corrected chi connectivity index (χ2v) is 5.11. The molecule has 1 aliphatic rings. The highest BCUT2D eigenvalue weighted by molar-refractivity contribution is 5.84. The van der Waals surface area contributed by atoms with Gasteiger partial charge in [-0.15, -0.1) is 0 Å². The van der Waals surface area contributed by atoms with Gasteiger partial charge in [0.25, 0.3) is 0 Å². The van der Waals surface area contributed by atoms with E-state index in [1.54, 1.807) is 0 Å². The van der Waals surface area contributed by atoms with Gasteiger partial charge in [0.15, 0.2) is 6.10 Å². The molecule has 1 heterocycles. The van der Waals surface area contributed by atoms with Crippen LogP contribution in [0.15, 0.2) is 30.3 Å². The SMILES string of the molecule is CC(C)[C@@H]1C[C@@H](C(=O)OCc2ccccc2)OC1=O. The molecule has 4 heteroatoms. The zero-order chi connectivity index (χ0) is 13.8. The van der Waals surface area contributed by atoms with Crippen LogP contribution in [0.25, 0.3) is 0 Å². The molecule has 0 amide bonds. The van der Waals surface area contributed by atoms with E-state index in [0.717, 1.165) is 5.56 Å². The van der Waals surface area contributed by atoms with Crippen LogP contribution < -0.4 is 0 Å². The first-order valence-electron chi connectivity index (χ1n) is 6.49. The minimum Gasteiger partial charge on any atom is -0.458 e. The first-order valence-corrected chi connectivity index (χ1v) is 6.49. The van der Waals surface area contributed by atoms with Gasteiger partial charge in [-0.3, -0.25) is 4.79 Å². The number of benzene rings is 1. The zero-order valence-electron chi connectivity index (χ0n) is 11.2. The highest BCUT2D eigenvalue weighted by Crippen LogP contribution is 2.28. The summed E-state index contributed by atoms with van der Waals surface area (Å²) in [4.78, 5) is 23.4. The number of carbonyl (C=O) groups excluding carboxylic acids is 2. The number of hydrogen-bond acceptors (Lipinski definition) is 4. The molecule has 1 saturated heterocycles. The van der Waals surface area contributed by atoms with Crippen molar-refractivity contribution >= 4 is 11.9 Å². The van der Waals surface area contributed by atoms with Gasteiger partial charge in [-0.1, -0.05) is 44.2 Å². The Bertz CT molecular complexity index is 452. The van der Waals surface area contributed by atoms with E-state index < -0.39 is 12.1 Å². The first kappa shape index (κ1) is 13.6. The fourth-order valence-corrected chi connectivity index (χ4v) is 2.11. The maximum atomic E-state index is 11.8. The average Bonchev–Trinajstić information content (AvgIpc) is 2.79. The van der Waals surface area contributed by atoms with Crippen molar-refractivity contribution in [3.63, 3.8) is 0 Å². The Morgan fingerprint density at radius 1 is 1.37 bits per heavy atom. The van der Waals surface area contributed by atoms with E-state index in [1.807, 2.05) is 44.2 Å². The summed E-state index contributed by atoms with van der Waals surface area (Å²) in [6.07, 6.45) is -0.326. The van der Waals surface area contributed by atoms with E-state index in [1.165, 1.54) is 0 Å². The molecule has 1 aromatic carbocycles. The van der Waals surface area contributed by atoms with Crippen molar-refractivity contribution in [1.82, 2.24) is 0 Å². The van der Waals surface area contributed by atoms with Crippen molar-refractivity contribution in [3.05, 3.63) is 35.9 Å². The second kappa shape index (κ2) is 5.87. The zero-order valence-corrected chi connectivity index (χ0v) is 11.2. The highest BCUT2D eigenvalue weighted by Gasteiger charge is 2.40. The van der Waals surface area contributed by atoms with Crippen molar-refractivity contribution < 1.29 is 19.1 Å². The van der Waals surface area contributed by atoms with Gasteiger partial charge in [-0.2, -0.15) is 0 Å². The minimum absolute atomic E-state index is 0.180. The average molecular weight is 262 g/mol. The van der Waals surface area contributed by atoms with Crippen LogP contribution in [0.5, 0.6) is 0 Å². The maximum Gasteiger partial charge on any atom is 0.347 e. The molecule has 0 spiro atoms. The first-order chi connectivity index (χ1) is 9.08. The lowest BCUT2D eigenvalue weighted by molar-refractivity contribution is -0.163. The molecule has 19 heavy (non-hydrogen) atoms. The number of esters is 2. The molecule has 1 aromatic rings. The van der Waals surface area contributed by atoms with Crippen molar-refractivity contribution in [2.75, 3.05) is 0 Å². The number of carbonyl (C=O) groups is 2. The van der Waals surface area contributed by atoms with Crippen molar-refractivity contribution in [3.8, 4) is 0 Å². The Hall–Kier alpha value is -1.84. The second-order valence-electron chi connectivity index (χ2n) is 5.11. The summed E-state index contributed by atoms with van der Waals surface area (Å²) in [6, 6.07) is 9.42. The maximum absolute atomic E-state index is 11.8. The quantitative estimate of drug-likeness (QED) is 0.781. The summed E-state index contributed by atoms with van der Waals surface area (Å²) >= 11 is 0. The van der Waals surface area contributed by atoms with Crippen LogP contribution in [0, 0.1) is 11.8 Å². The van der Waals surface area contributed by atoms with E-state index >= 15 is 0 Å². The third-order valence-corrected chi connectivity index (χ3v) is 3.32. The fraction of sp³-hybridized carbons (Fsp3) is 0.467. The summed E-state index contributed by atoms with van der Waals surface area (Å²) in [5.41, 5.74) is 0.917. The summed E-state index contributed by atoms with van der Waals surface area (Å²) < 4.78 is 10.2. The lowest BCUT2D eigenvalue weighted by Gasteiger charge is -2.10. The van der Waals surface area contributed by atoms with Gasteiger partial charge in [0.1, 0.15) is 6.61 Å². The molecule has 0 aliphatic carbocycles. The molecule has 0 N–H and O–H groups in total. The normalized spacial score (nSPS) is 22.4. The molecule has 0 saturated carbocycles. The Morgan fingerprint density at radius 2 is 2.05 bits per heavy atom. The topological polar surface area (TPSA) is 52.6 Å². The van der Waals surface area contributed by atoms with E-state index in [0.29, 0.717) is 6.42 Å². The highest BCUT2D eigenvalue weighted by atomic mass is 16.6. The molecule has 0 aromatic heterocycles. The van der Waals surface area contributed by atoms with Crippen LogP contribution >= 0.6 is 0 Å². The largest absolute Gasteiger partial charge is 0.458 e. The molecule has 102 valence electrons. The summed E-state index contributed by atoms with van der Waals surface area (Å²) in [7, 11) is 0. The van der Waals surface area contributed by atoms with E-state index in [4.69, 9.17) is 9.47 Å². The Kier molecular flexibility index (Phi) is 4.20. The number of rotatable bonds is 4. The molecule has 0 bridgehead atoms. The third kappa shape index (κ3) is 3.34. The lowest BCUT2D eigenvalue weighted by atomic mass is 9.93. The van der Waals surface area contributed by atoms with Crippen molar-refractivity contribution in [1.29, 1.82) is 0 Å².